The van der Waals surface area contributed by atoms with Gasteiger partial charge in [-0.1, -0.05) is 41.9 Å². The number of nitriles is 1. The highest BCUT2D eigenvalue weighted by molar-refractivity contribution is 6.32. The Labute approximate surface area is 305 Å². The summed E-state index contributed by atoms with van der Waals surface area (Å²) >= 11 is 6.78. The molecule has 0 spiro atoms. The number of halogens is 1. The SMILES string of the molecule is Cc1c(COc2cc(OCc3cncc(C#N)c3)c(C(=O)N3CCCCC3)cc2Cl)cccc1-c1cccc(OCCCN2CCC(O)C2)c1C. The number of rotatable bonds is 13. The molecule has 0 bridgehead atoms. The average molecular weight is 709 g/mol. The minimum absolute atomic E-state index is 0.121. The number of aliphatic hydroxyl groups excluding tert-OH is 1. The standard InChI is InChI=1S/C41H45ClN4O5/c1-28-32(9-6-10-34(28)35-11-7-12-38(29(35)2)49-18-8-14-45-17-13-33(47)25-45)27-51-40-21-39(50-26-31-19-30(22-43)23-44-24-31)36(20-37(40)42)41(48)46-15-4-3-5-16-46/h6-7,9-12,19-21,23-24,33,47H,3-5,8,13-18,25-27H2,1-2H3. The van der Waals surface area contributed by atoms with Gasteiger partial charge in [-0.2, -0.15) is 5.26 Å². The van der Waals surface area contributed by atoms with E-state index in [-0.39, 0.29) is 25.2 Å². The van der Waals surface area contributed by atoms with Gasteiger partial charge >= 0.3 is 0 Å². The van der Waals surface area contributed by atoms with Crippen molar-refractivity contribution in [2.24, 2.45) is 0 Å². The molecular weight excluding hydrogens is 664 g/mol. The first-order valence-corrected chi connectivity index (χ1v) is 18.1. The van der Waals surface area contributed by atoms with Gasteiger partial charge in [0.25, 0.3) is 5.91 Å². The highest BCUT2D eigenvalue weighted by Crippen LogP contribution is 2.37. The van der Waals surface area contributed by atoms with Crippen LogP contribution in [-0.2, 0) is 13.2 Å². The number of pyridine rings is 1. The molecule has 0 saturated carbocycles. The van der Waals surface area contributed by atoms with Crippen LogP contribution in [0, 0.1) is 25.2 Å². The van der Waals surface area contributed by atoms with E-state index in [2.05, 4.69) is 41.9 Å². The lowest BCUT2D eigenvalue weighted by Gasteiger charge is -2.27. The Morgan fingerprint density at radius 3 is 2.45 bits per heavy atom. The molecular formula is C41H45ClN4O5. The molecule has 2 saturated heterocycles. The summed E-state index contributed by atoms with van der Waals surface area (Å²) in [6, 6.07) is 19.5. The molecule has 6 rings (SSSR count). The maximum atomic E-state index is 13.7. The predicted molar refractivity (Wildman–Crippen MR) is 197 cm³/mol. The van der Waals surface area contributed by atoms with E-state index in [4.69, 9.17) is 25.8 Å². The third-order valence-electron chi connectivity index (χ3n) is 9.75. The largest absolute Gasteiger partial charge is 0.493 e. The van der Waals surface area contributed by atoms with E-state index < -0.39 is 0 Å². The van der Waals surface area contributed by atoms with Crippen molar-refractivity contribution in [2.45, 2.75) is 65.3 Å². The van der Waals surface area contributed by atoms with Crippen molar-refractivity contribution in [3.05, 3.63) is 105 Å². The van der Waals surface area contributed by atoms with E-state index in [1.807, 2.05) is 29.2 Å². The zero-order chi connectivity index (χ0) is 35.7. The highest BCUT2D eigenvalue weighted by Gasteiger charge is 2.24. The smallest absolute Gasteiger partial charge is 0.257 e. The fraction of sp³-hybridized carbons (Fsp3) is 0.390. The second kappa shape index (κ2) is 17.1. The summed E-state index contributed by atoms with van der Waals surface area (Å²) in [6.07, 6.45) is 7.71. The first kappa shape index (κ1) is 36.2. The van der Waals surface area contributed by atoms with Crippen molar-refractivity contribution in [3.63, 3.8) is 0 Å². The number of nitrogens with zero attached hydrogens (tertiary/aromatic N) is 4. The first-order valence-electron chi connectivity index (χ1n) is 17.7. The summed E-state index contributed by atoms with van der Waals surface area (Å²) in [4.78, 5) is 21.9. The molecule has 0 radical (unpaired) electrons. The molecule has 51 heavy (non-hydrogen) atoms. The summed E-state index contributed by atoms with van der Waals surface area (Å²) in [7, 11) is 0. The minimum atomic E-state index is -0.207. The molecule has 2 fully saturated rings. The van der Waals surface area contributed by atoms with Gasteiger partial charge in [0.1, 0.15) is 36.5 Å². The van der Waals surface area contributed by atoms with Gasteiger partial charge in [0, 0.05) is 56.7 Å². The number of carbonyl (C=O) groups is 1. The van der Waals surface area contributed by atoms with Crippen molar-refractivity contribution in [1.29, 1.82) is 5.26 Å². The topological polar surface area (TPSA) is 108 Å². The van der Waals surface area contributed by atoms with E-state index in [9.17, 15) is 15.2 Å². The third-order valence-corrected chi connectivity index (χ3v) is 10.0. The Balaban J connectivity index is 1.18. The van der Waals surface area contributed by atoms with Crippen LogP contribution in [0.3, 0.4) is 0 Å². The van der Waals surface area contributed by atoms with E-state index >= 15 is 0 Å². The number of amides is 1. The molecule has 4 aromatic rings. The van der Waals surface area contributed by atoms with Crippen molar-refractivity contribution >= 4 is 17.5 Å². The third kappa shape index (κ3) is 9.01. The quantitative estimate of drug-likeness (QED) is 0.142. The van der Waals surface area contributed by atoms with Gasteiger partial charge in [0.2, 0.25) is 0 Å². The second-order valence-corrected chi connectivity index (χ2v) is 13.8. The lowest BCUT2D eigenvalue weighted by molar-refractivity contribution is 0.0719. The van der Waals surface area contributed by atoms with Gasteiger partial charge in [-0.05, 0) is 92.0 Å². The number of likely N-dealkylation sites (tertiary alicyclic amines) is 2. The molecule has 2 aliphatic rings. The van der Waals surface area contributed by atoms with Gasteiger partial charge in [0.15, 0.2) is 0 Å². The number of β-amino-alcohol motifs (C(OH)–C–C–N with tert-alkyl or cyclic N) is 1. The lowest BCUT2D eigenvalue weighted by Crippen LogP contribution is -2.35. The molecule has 2 aliphatic heterocycles. The first-order chi connectivity index (χ1) is 24.8. The van der Waals surface area contributed by atoms with Crippen LogP contribution in [0.5, 0.6) is 17.2 Å². The van der Waals surface area contributed by atoms with Crippen molar-refractivity contribution in [1.82, 2.24) is 14.8 Å². The summed E-state index contributed by atoms with van der Waals surface area (Å²) in [5.74, 6) is 1.51. The molecule has 3 heterocycles. The van der Waals surface area contributed by atoms with Gasteiger partial charge in [-0.25, -0.2) is 0 Å². The predicted octanol–water partition coefficient (Wildman–Crippen LogP) is 7.51. The summed E-state index contributed by atoms with van der Waals surface area (Å²) in [6.45, 7) is 9.15. The number of hydrogen-bond acceptors (Lipinski definition) is 8. The molecule has 1 amide bonds. The van der Waals surface area contributed by atoms with Crippen LogP contribution < -0.4 is 14.2 Å². The molecule has 0 aliphatic carbocycles. The van der Waals surface area contributed by atoms with Crippen molar-refractivity contribution in [3.8, 4) is 34.4 Å². The molecule has 1 N–H and O–H groups in total. The van der Waals surface area contributed by atoms with Gasteiger partial charge in [-0.15, -0.1) is 0 Å². The Hall–Kier alpha value is -4.62. The van der Waals surface area contributed by atoms with Crippen LogP contribution in [0.1, 0.15) is 70.3 Å². The maximum absolute atomic E-state index is 13.7. The van der Waals surface area contributed by atoms with Crippen LogP contribution in [-0.4, -0.2) is 71.2 Å². The fourth-order valence-electron chi connectivity index (χ4n) is 6.82. The van der Waals surface area contributed by atoms with E-state index in [1.165, 1.54) is 6.20 Å². The van der Waals surface area contributed by atoms with Gasteiger partial charge in [0.05, 0.1) is 28.9 Å². The fourth-order valence-corrected chi connectivity index (χ4v) is 7.04. The molecule has 266 valence electrons. The van der Waals surface area contributed by atoms with Crippen molar-refractivity contribution in [2.75, 3.05) is 39.3 Å². The molecule has 3 aromatic carbocycles. The minimum Gasteiger partial charge on any atom is -0.493 e. The maximum Gasteiger partial charge on any atom is 0.257 e. The normalized spacial score (nSPS) is 16.1. The van der Waals surface area contributed by atoms with E-state index in [0.29, 0.717) is 52.9 Å². The summed E-state index contributed by atoms with van der Waals surface area (Å²) in [5.41, 5.74) is 6.87. The number of ether oxygens (including phenoxy) is 3. The lowest BCUT2D eigenvalue weighted by atomic mass is 9.93. The molecule has 10 heteroatoms. The van der Waals surface area contributed by atoms with Gasteiger partial charge < -0.3 is 29.1 Å². The van der Waals surface area contributed by atoms with Gasteiger partial charge in [-0.3, -0.25) is 9.78 Å². The van der Waals surface area contributed by atoms with E-state index in [1.54, 1.807) is 24.4 Å². The highest BCUT2D eigenvalue weighted by atomic mass is 35.5. The number of hydrogen-bond donors (Lipinski definition) is 1. The Morgan fingerprint density at radius 2 is 1.69 bits per heavy atom. The zero-order valence-electron chi connectivity index (χ0n) is 29.4. The Morgan fingerprint density at radius 1 is 0.922 bits per heavy atom. The van der Waals surface area contributed by atoms with Crippen LogP contribution in [0.25, 0.3) is 11.1 Å². The Bertz CT molecular complexity index is 1890. The molecule has 1 unspecified atom stereocenters. The zero-order valence-corrected chi connectivity index (χ0v) is 30.1. The Kier molecular flexibility index (Phi) is 12.1. The van der Waals surface area contributed by atoms with Crippen LogP contribution in [0.2, 0.25) is 5.02 Å². The second-order valence-electron chi connectivity index (χ2n) is 13.4. The molecule has 9 nitrogen and oxygen atoms in total. The monoisotopic (exact) mass is 708 g/mol. The van der Waals surface area contributed by atoms with Crippen LogP contribution >= 0.6 is 11.6 Å². The summed E-state index contributed by atoms with van der Waals surface area (Å²) in [5, 5.41) is 19.4. The number of benzene rings is 3. The van der Waals surface area contributed by atoms with Crippen molar-refractivity contribution < 1.29 is 24.1 Å². The number of aliphatic hydroxyl groups is 1. The molecule has 1 atom stereocenters. The number of carbonyl (C=O) groups excluding carboxylic acids is 1. The summed E-state index contributed by atoms with van der Waals surface area (Å²) < 4.78 is 18.8. The van der Waals surface area contributed by atoms with Crippen LogP contribution in [0.15, 0.2) is 67.0 Å². The molecule has 1 aromatic heterocycles. The van der Waals surface area contributed by atoms with E-state index in [0.717, 1.165) is 85.3 Å². The number of piperidine rings is 1. The number of aromatic nitrogens is 1. The van der Waals surface area contributed by atoms with Crippen LogP contribution in [0.4, 0.5) is 0 Å². The average Bonchev–Trinajstić information content (AvgIpc) is 3.58.